The SMILES string of the molecule is C1=CCCC=CCC1.F[B-](F)(F)F.[Rh].c1ccc(P(c2ccccc2)c2cc3ccc2CCc2ccc(c(P(c4ccccc4)c4ccccc4)c2)CC3)cc1. The maximum Gasteiger partial charge on any atom is 0.673 e. The van der Waals surface area contributed by atoms with Crippen LogP contribution in [-0.2, 0) is 45.2 Å². The summed E-state index contributed by atoms with van der Waals surface area (Å²) in [5.74, 6) is 0. The number of halogens is 4. The summed E-state index contributed by atoms with van der Waals surface area (Å²) in [6.45, 7) is 0. The molecule has 8 heteroatoms. The number of hydrogen-bond donors (Lipinski definition) is 0. The minimum absolute atomic E-state index is 0. The van der Waals surface area contributed by atoms with Gasteiger partial charge in [0.2, 0.25) is 0 Å². The predicted molar refractivity (Wildman–Crippen MR) is 232 cm³/mol. The van der Waals surface area contributed by atoms with E-state index >= 15 is 0 Å². The van der Waals surface area contributed by atoms with Gasteiger partial charge in [0.25, 0.3) is 0 Å². The molecule has 0 N–H and O–H groups in total. The second-order valence-corrected chi connectivity index (χ2v) is 17.9. The second kappa shape index (κ2) is 22.1. The molecule has 0 unspecified atom stereocenters. The molecule has 0 heterocycles. The predicted octanol–water partition coefficient (Wildman–Crippen LogP) is 11.1. The molecule has 0 nitrogen and oxygen atoms in total. The van der Waals surface area contributed by atoms with Gasteiger partial charge in [0.05, 0.1) is 0 Å². The first-order valence-electron chi connectivity index (χ1n) is 19.0. The quantitative estimate of drug-likeness (QED) is 0.0677. The van der Waals surface area contributed by atoms with E-state index in [1.807, 2.05) is 0 Å². The van der Waals surface area contributed by atoms with Crippen molar-refractivity contribution in [1.29, 1.82) is 0 Å². The largest absolute Gasteiger partial charge is 0.673 e. The van der Waals surface area contributed by atoms with E-state index in [1.54, 1.807) is 0 Å². The van der Waals surface area contributed by atoms with Gasteiger partial charge < -0.3 is 17.3 Å². The van der Waals surface area contributed by atoms with E-state index in [2.05, 4.69) is 182 Å². The molecule has 1 radical (unpaired) electrons. The van der Waals surface area contributed by atoms with Crippen LogP contribution in [0.25, 0.3) is 0 Å². The molecule has 0 saturated carbocycles. The minimum Gasteiger partial charge on any atom is -0.418 e. The van der Waals surface area contributed by atoms with Gasteiger partial charge in [0, 0.05) is 19.5 Å². The summed E-state index contributed by atoms with van der Waals surface area (Å²) in [5, 5.41) is 8.73. The third-order valence-corrected chi connectivity index (χ3v) is 14.6. The Morgan fingerprint density at radius 1 is 0.357 bits per heavy atom. The van der Waals surface area contributed by atoms with Gasteiger partial charge in [-0.3, -0.25) is 0 Å². The van der Waals surface area contributed by atoms with E-state index in [0.717, 1.165) is 25.7 Å². The van der Waals surface area contributed by atoms with Crippen molar-refractivity contribution in [3.05, 3.63) is 204 Å². The van der Waals surface area contributed by atoms with Crippen LogP contribution in [0.15, 0.2) is 182 Å². The smallest absolute Gasteiger partial charge is 0.418 e. The topological polar surface area (TPSA) is 0 Å². The van der Waals surface area contributed by atoms with Gasteiger partial charge in [-0.1, -0.05) is 182 Å². The van der Waals surface area contributed by atoms with E-state index in [-0.39, 0.29) is 19.5 Å². The van der Waals surface area contributed by atoms with Gasteiger partial charge in [-0.2, -0.15) is 0 Å². The van der Waals surface area contributed by atoms with Crippen molar-refractivity contribution in [1.82, 2.24) is 0 Å². The standard InChI is InChI=1S/C40H34P2.C8H12.BF4.Rh/c1-5-13-35(14-6-1)41(36-15-7-2-8-16-36)39-29-31-21-25-33(39)27-23-32-22-26-34(28-24-31)40(30-32)42(37-17-9-3-10-18-37)38-19-11-4-12-20-38;1-2-4-6-8-7-5-3-1;2-1(3,4)5;/h1-22,25-26,29-30H,23-24,27-28H2;1-2,7-8H,3-6H2;;/q;;-1;. The van der Waals surface area contributed by atoms with Crippen LogP contribution in [0, 0.1) is 0 Å². The first-order valence-corrected chi connectivity index (χ1v) is 21.7. The fourth-order valence-electron chi connectivity index (χ4n) is 6.95. The molecule has 5 aliphatic rings. The van der Waals surface area contributed by atoms with E-state index < -0.39 is 23.1 Å². The monoisotopic (exact) mass is 874 g/mol. The third kappa shape index (κ3) is 13.1. The van der Waals surface area contributed by atoms with Crippen molar-refractivity contribution in [2.24, 2.45) is 0 Å². The number of rotatable bonds is 6. The molecule has 56 heavy (non-hydrogen) atoms. The Balaban J connectivity index is 0.000000367. The molecule has 0 spiro atoms. The summed E-state index contributed by atoms with van der Waals surface area (Å²) >= 11 is 0. The second-order valence-electron chi connectivity index (χ2n) is 13.5. The summed E-state index contributed by atoms with van der Waals surface area (Å²) < 4.78 is 39.0. The van der Waals surface area contributed by atoms with Crippen LogP contribution in [0.3, 0.4) is 0 Å². The van der Waals surface area contributed by atoms with Crippen molar-refractivity contribution in [2.75, 3.05) is 0 Å². The average molecular weight is 875 g/mol. The maximum atomic E-state index is 9.75. The zero-order chi connectivity index (χ0) is 38.3. The number of benzene rings is 6. The van der Waals surface area contributed by atoms with Gasteiger partial charge in [-0.25, -0.2) is 0 Å². The Hall–Kier alpha value is -3.93. The Morgan fingerprint density at radius 3 is 0.893 bits per heavy atom. The number of hydrogen-bond acceptors (Lipinski definition) is 0. The van der Waals surface area contributed by atoms with Crippen LogP contribution < -0.4 is 31.8 Å². The van der Waals surface area contributed by atoms with Crippen LogP contribution in [0.2, 0.25) is 0 Å². The normalized spacial score (nSPS) is 13.5. The summed E-state index contributed by atoms with van der Waals surface area (Å²) in [4.78, 5) is 0. The zero-order valence-corrected chi connectivity index (χ0v) is 34.7. The van der Waals surface area contributed by atoms with Crippen molar-refractivity contribution in [2.45, 2.75) is 51.4 Å². The molecule has 0 amide bonds. The molecule has 0 atom stereocenters. The first kappa shape index (κ1) is 43.2. The van der Waals surface area contributed by atoms with Gasteiger partial charge >= 0.3 is 7.25 Å². The molecular formula is C48H46BF4P2Rh-. The Kier molecular flexibility index (Phi) is 17.1. The van der Waals surface area contributed by atoms with E-state index in [1.165, 1.54) is 79.8 Å². The van der Waals surface area contributed by atoms with Crippen molar-refractivity contribution >= 4 is 54.9 Å². The molecular weight excluding hydrogens is 828 g/mol. The molecule has 6 aromatic rings. The maximum absolute atomic E-state index is 9.75. The van der Waals surface area contributed by atoms with E-state index in [0.29, 0.717) is 0 Å². The summed E-state index contributed by atoms with van der Waals surface area (Å²) in [7, 11) is -7.26. The fraction of sp³-hybridized carbons (Fsp3) is 0.167. The molecule has 5 aliphatic carbocycles. The molecule has 0 aromatic heterocycles. The number of aryl methyl sites for hydroxylation is 4. The van der Waals surface area contributed by atoms with Gasteiger partial charge in [-0.15, -0.1) is 0 Å². The Labute approximate surface area is 345 Å². The van der Waals surface area contributed by atoms with Gasteiger partial charge in [0.1, 0.15) is 0 Å². The Morgan fingerprint density at radius 2 is 0.625 bits per heavy atom. The zero-order valence-electron chi connectivity index (χ0n) is 31.3. The molecule has 0 fully saturated rings. The van der Waals surface area contributed by atoms with Crippen LogP contribution in [-0.4, -0.2) is 7.25 Å². The Bertz CT molecular complexity index is 1880. The summed E-state index contributed by atoms with van der Waals surface area (Å²) in [6, 6.07) is 59.3. The van der Waals surface area contributed by atoms with E-state index in [9.17, 15) is 17.3 Å². The van der Waals surface area contributed by atoms with Crippen LogP contribution >= 0.6 is 15.8 Å². The van der Waals surface area contributed by atoms with Crippen molar-refractivity contribution in [3.8, 4) is 0 Å². The number of allylic oxidation sites excluding steroid dienone is 4. The summed E-state index contributed by atoms with van der Waals surface area (Å²) in [5.41, 5.74) is 5.84. The minimum atomic E-state index is -6.00. The fourth-order valence-corrected chi connectivity index (χ4v) is 12.1. The molecule has 4 bridgehead atoms. The van der Waals surface area contributed by atoms with Crippen LogP contribution in [0.4, 0.5) is 17.3 Å². The molecule has 0 aliphatic heterocycles. The molecule has 289 valence electrons. The van der Waals surface area contributed by atoms with E-state index in [4.69, 9.17) is 0 Å². The molecule has 0 saturated heterocycles. The molecule has 11 rings (SSSR count). The van der Waals surface area contributed by atoms with Crippen LogP contribution in [0.5, 0.6) is 0 Å². The molecule has 6 aromatic carbocycles. The summed E-state index contributed by atoms with van der Waals surface area (Å²) in [6.07, 6.45) is 18.2. The van der Waals surface area contributed by atoms with Crippen LogP contribution in [0.1, 0.15) is 47.9 Å². The van der Waals surface area contributed by atoms with Gasteiger partial charge in [0.15, 0.2) is 0 Å². The first-order chi connectivity index (χ1) is 26.8. The van der Waals surface area contributed by atoms with Gasteiger partial charge in [-0.05, 0) is 121 Å². The average Bonchev–Trinajstić information content (AvgIpc) is 3.18. The third-order valence-electron chi connectivity index (χ3n) is 9.54. The van der Waals surface area contributed by atoms with Crippen molar-refractivity contribution < 1.29 is 36.7 Å². The van der Waals surface area contributed by atoms with Crippen molar-refractivity contribution in [3.63, 3.8) is 0 Å².